The maximum absolute atomic E-state index is 11.9. The van der Waals surface area contributed by atoms with Crippen molar-refractivity contribution in [3.8, 4) is 0 Å². The van der Waals surface area contributed by atoms with Gasteiger partial charge in [0.15, 0.2) is 0 Å². The number of thioether (sulfide) groups is 2. The van der Waals surface area contributed by atoms with Gasteiger partial charge in [0.25, 0.3) is 11.6 Å². The van der Waals surface area contributed by atoms with Crippen LogP contribution in [0.4, 0.5) is 5.69 Å². The van der Waals surface area contributed by atoms with E-state index in [0.29, 0.717) is 20.0 Å². The van der Waals surface area contributed by atoms with Crippen LogP contribution in [0.1, 0.15) is 37.7 Å². The van der Waals surface area contributed by atoms with Crippen molar-refractivity contribution in [2.24, 2.45) is 0 Å². The van der Waals surface area contributed by atoms with Gasteiger partial charge in [-0.05, 0) is 30.5 Å². The number of nitro groups is 1. The van der Waals surface area contributed by atoms with Crippen LogP contribution in [-0.2, 0) is 4.79 Å². The number of carbonyl (C=O) groups is 1. The molecule has 1 saturated carbocycles. The van der Waals surface area contributed by atoms with E-state index in [4.69, 9.17) is 12.2 Å². The smallest absolute Gasteiger partial charge is 0.270 e. The molecule has 8 heteroatoms. The van der Waals surface area contributed by atoms with Crippen LogP contribution in [0.15, 0.2) is 28.0 Å². The van der Waals surface area contributed by atoms with Gasteiger partial charge in [0.05, 0.1) is 9.83 Å². The molecule has 1 aromatic carbocycles. The number of rotatable bonds is 4. The van der Waals surface area contributed by atoms with Gasteiger partial charge in [-0.15, -0.1) is 11.8 Å². The Kier molecular flexibility index (Phi) is 5.57. The number of hydrogen-bond donors (Lipinski definition) is 1. The molecule has 0 aromatic heterocycles. The molecule has 2 fully saturated rings. The molecule has 126 valence electrons. The van der Waals surface area contributed by atoms with E-state index in [-0.39, 0.29) is 11.6 Å². The molecule has 24 heavy (non-hydrogen) atoms. The van der Waals surface area contributed by atoms with E-state index < -0.39 is 4.92 Å². The zero-order valence-electron chi connectivity index (χ0n) is 12.8. The van der Waals surface area contributed by atoms with Crippen molar-refractivity contribution in [1.29, 1.82) is 0 Å². The monoisotopic (exact) mass is 380 g/mol. The Balaban J connectivity index is 1.92. The van der Waals surface area contributed by atoms with Crippen LogP contribution in [0.2, 0.25) is 0 Å². The average Bonchev–Trinajstić information content (AvgIpc) is 2.87. The third-order valence-electron chi connectivity index (χ3n) is 3.98. The molecule has 0 bridgehead atoms. The summed E-state index contributed by atoms with van der Waals surface area (Å²) in [6.45, 7) is 0. The summed E-state index contributed by atoms with van der Waals surface area (Å²) in [5, 5.41) is 14.2. The molecule has 1 amide bonds. The predicted octanol–water partition coefficient (Wildman–Crippen LogP) is 4.51. The lowest BCUT2D eigenvalue weighted by molar-refractivity contribution is -0.384. The van der Waals surface area contributed by atoms with Crippen molar-refractivity contribution in [3.63, 3.8) is 0 Å². The van der Waals surface area contributed by atoms with Gasteiger partial charge in [-0.2, -0.15) is 0 Å². The van der Waals surface area contributed by atoms with E-state index in [0.717, 1.165) is 17.7 Å². The normalized spacial score (nSPS) is 20.4. The second-order valence-corrected chi connectivity index (χ2v) is 8.77. The van der Waals surface area contributed by atoms with Crippen LogP contribution in [0.5, 0.6) is 0 Å². The largest absolute Gasteiger partial charge is 0.307 e. The van der Waals surface area contributed by atoms with Crippen molar-refractivity contribution < 1.29 is 9.72 Å². The molecule has 1 heterocycles. The highest BCUT2D eigenvalue weighted by atomic mass is 32.2. The fraction of sp³-hybridized carbons (Fsp3) is 0.375. The highest BCUT2D eigenvalue weighted by molar-refractivity contribution is 8.26. The first-order chi connectivity index (χ1) is 11.5. The van der Waals surface area contributed by atoms with Crippen LogP contribution in [-0.4, -0.2) is 20.4 Å². The molecule has 5 nitrogen and oxygen atoms in total. The lowest BCUT2D eigenvalue weighted by atomic mass is 10.0. The highest BCUT2D eigenvalue weighted by Crippen LogP contribution is 2.38. The molecule has 0 radical (unpaired) electrons. The molecule has 1 aliphatic heterocycles. The van der Waals surface area contributed by atoms with Crippen LogP contribution in [0, 0.1) is 10.1 Å². The molecule has 2 aliphatic rings. The summed E-state index contributed by atoms with van der Waals surface area (Å²) < 4.78 is 0.415. The summed E-state index contributed by atoms with van der Waals surface area (Å²) in [7, 11) is 0. The zero-order valence-corrected chi connectivity index (χ0v) is 15.3. The summed E-state index contributed by atoms with van der Waals surface area (Å²) in [5.74, 6) is -0.245. The SMILES string of the molecule is O=C1NC(=S)SC1=Cc1cc([N+](=O)[O-])ccc1SC1CCCCC1. The summed E-state index contributed by atoms with van der Waals surface area (Å²) in [5.41, 5.74) is 0.739. The van der Waals surface area contributed by atoms with Gasteiger partial charge in [-0.25, -0.2) is 0 Å². The van der Waals surface area contributed by atoms with Gasteiger partial charge >= 0.3 is 0 Å². The minimum absolute atomic E-state index is 0.0285. The lowest BCUT2D eigenvalue weighted by Crippen LogP contribution is -2.17. The molecule has 0 spiro atoms. The van der Waals surface area contributed by atoms with Gasteiger partial charge in [0.2, 0.25) is 0 Å². The van der Waals surface area contributed by atoms with Gasteiger partial charge in [-0.3, -0.25) is 14.9 Å². The number of carbonyl (C=O) groups excluding carboxylic acids is 1. The standard InChI is InChI=1S/C16H16N2O3S3/c19-15-14(24-16(22)17-15)9-10-8-11(18(20)21)6-7-13(10)23-12-4-2-1-3-5-12/h6-9,12H,1-5H2,(H,17,19,22). The molecule has 1 saturated heterocycles. The first kappa shape index (κ1) is 17.4. The first-order valence-corrected chi connectivity index (χ1v) is 9.83. The number of non-ortho nitro benzene ring substituents is 1. The van der Waals surface area contributed by atoms with Crippen LogP contribution < -0.4 is 5.32 Å². The van der Waals surface area contributed by atoms with E-state index in [9.17, 15) is 14.9 Å². The molecule has 0 unspecified atom stereocenters. The van der Waals surface area contributed by atoms with Crippen molar-refractivity contribution in [1.82, 2.24) is 5.32 Å². The Morgan fingerprint density at radius 3 is 2.71 bits per heavy atom. The van der Waals surface area contributed by atoms with E-state index in [1.165, 1.54) is 43.2 Å². The van der Waals surface area contributed by atoms with Crippen LogP contribution in [0.25, 0.3) is 6.08 Å². The second kappa shape index (κ2) is 7.67. The van der Waals surface area contributed by atoms with Gasteiger partial charge in [0, 0.05) is 22.3 Å². The third kappa shape index (κ3) is 4.17. The Hall–Kier alpha value is -1.38. The fourth-order valence-electron chi connectivity index (χ4n) is 2.79. The molecular formula is C16H16N2O3S3. The Morgan fingerprint density at radius 1 is 1.33 bits per heavy atom. The van der Waals surface area contributed by atoms with Gasteiger partial charge in [0.1, 0.15) is 4.32 Å². The first-order valence-electron chi connectivity index (χ1n) is 7.73. The number of benzene rings is 1. The summed E-state index contributed by atoms with van der Waals surface area (Å²) >= 11 is 7.94. The van der Waals surface area contributed by atoms with Gasteiger partial charge in [-0.1, -0.05) is 43.2 Å². The van der Waals surface area contributed by atoms with E-state index in [2.05, 4.69) is 5.32 Å². The van der Waals surface area contributed by atoms with Crippen molar-refractivity contribution in [2.45, 2.75) is 42.2 Å². The summed E-state index contributed by atoms with van der Waals surface area (Å²) in [6.07, 6.45) is 7.77. The second-order valence-electron chi connectivity index (χ2n) is 5.71. The van der Waals surface area contributed by atoms with E-state index in [1.54, 1.807) is 23.9 Å². The lowest BCUT2D eigenvalue weighted by Gasteiger charge is -2.21. The third-order valence-corrected chi connectivity index (χ3v) is 6.57. The van der Waals surface area contributed by atoms with Crippen LogP contribution in [0.3, 0.4) is 0 Å². The molecule has 0 atom stereocenters. The number of amides is 1. The van der Waals surface area contributed by atoms with Crippen molar-refractivity contribution >= 4 is 57.7 Å². The maximum atomic E-state index is 11.9. The zero-order chi connectivity index (χ0) is 17.1. The quantitative estimate of drug-likeness (QED) is 0.359. The highest BCUT2D eigenvalue weighted by Gasteiger charge is 2.24. The predicted molar refractivity (Wildman–Crippen MR) is 102 cm³/mol. The molecule has 3 rings (SSSR count). The summed E-state index contributed by atoms with van der Waals surface area (Å²) in [6, 6.07) is 4.85. The number of nitrogens with one attached hydrogen (secondary N) is 1. The van der Waals surface area contributed by atoms with E-state index >= 15 is 0 Å². The van der Waals surface area contributed by atoms with Gasteiger partial charge < -0.3 is 5.32 Å². The average molecular weight is 381 g/mol. The molecule has 1 aliphatic carbocycles. The number of nitrogens with zero attached hydrogens (tertiary/aromatic N) is 1. The van der Waals surface area contributed by atoms with Crippen LogP contribution >= 0.6 is 35.7 Å². The molecular weight excluding hydrogens is 364 g/mol. The van der Waals surface area contributed by atoms with Crippen molar-refractivity contribution in [3.05, 3.63) is 38.8 Å². The Morgan fingerprint density at radius 2 is 2.08 bits per heavy atom. The topological polar surface area (TPSA) is 72.2 Å². The Labute approximate surface area is 153 Å². The minimum Gasteiger partial charge on any atom is -0.307 e. The van der Waals surface area contributed by atoms with E-state index in [1.807, 2.05) is 0 Å². The summed E-state index contributed by atoms with van der Waals surface area (Å²) in [4.78, 5) is 24.0. The fourth-order valence-corrected chi connectivity index (χ4v) is 5.16. The molecule has 1 aromatic rings. The number of nitro benzene ring substituents is 1. The number of thiocarbonyl (C=S) groups is 1. The number of hydrogen-bond acceptors (Lipinski definition) is 6. The minimum atomic E-state index is -0.413. The van der Waals surface area contributed by atoms with Crippen molar-refractivity contribution in [2.75, 3.05) is 0 Å². The maximum Gasteiger partial charge on any atom is 0.270 e. The Bertz CT molecular complexity index is 727. The molecule has 1 N–H and O–H groups in total.